The van der Waals surface area contributed by atoms with E-state index >= 15 is 0 Å². The summed E-state index contributed by atoms with van der Waals surface area (Å²) >= 11 is 1.86. The van der Waals surface area contributed by atoms with E-state index in [2.05, 4.69) is 244 Å². The average molecular weight is 1710 g/mol. The molecule has 27 rings (SSSR count). The lowest BCUT2D eigenvalue weighted by Crippen LogP contribution is -2.00. The Labute approximate surface area is 759 Å². The van der Waals surface area contributed by atoms with Crippen molar-refractivity contribution in [2.24, 2.45) is 0 Å². The predicted octanol–water partition coefficient (Wildman–Crippen LogP) is 30.1. The molecule has 0 amide bonds. The van der Waals surface area contributed by atoms with E-state index in [0.717, 1.165) is 133 Å². The first-order valence-corrected chi connectivity index (χ1v) is 44.7. The van der Waals surface area contributed by atoms with Gasteiger partial charge in [-0.05, 0) is 140 Å². The molecule has 0 aliphatic rings. The Morgan fingerprint density at radius 3 is 0.864 bits per heavy atom. The maximum atomic E-state index is 6.28. The molecule has 132 heavy (non-hydrogen) atoms. The molecule has 27 aromatic rings. The van der Waals surface area contributed by atoms with Crippen LogP contribution in [0.2, 0.25) is 0 Å². The van der Waals surface area contributed by atoms with Crippen LogP contribution in [0.15, 0.2) is 446 Å². The first-order chi connectivity index (χ1) is 65.4. The summed E-state index contributed by atoms with van der Waals surface area (Å²) in [4.78, 5) is 44.0. The van der Waals surface area contributed by atoms with Gasteiger partial charge in [0.15, 0.2) is 52.4 Å². The van der Waals surface area contributed by atoms with Gasteiger partial charge < -0.3 is 22.5 Å². The van der Waals surface area contributed by atoms with E-state index in [-0.39, 0.29) is 0 Å². The van der Waals surface area contributed by atoms with Crippen LogP contribution in [0, 0.1) is 0 Å². The topological polar surface area (TPSA) is 157 Å². The van der Waals surface area contributed by atoms with Crippen molar-refractivity contribution in [3.05, 3.63) is 437 Å². The Kier molecular flexibility index (Phi) is 18.7. The van der Waals surface area contributed by atoms with Crippen molar-refractivity contribution in [1.29, 1.82) is 0 Å². The number of rotatable bonds is 12. The lowest BCUT2D eigenvalue weighted by Gasteiger charge is -2.11. The lowest BCUT2D eigenvalue weighted by molar-refractivity contribution is 0.669. The van der Waals surface area contributed by atoms with Crippen LogP contribution >= 0.6 is 11.3 Å². The molecule has 0 spiro atoms. The third-order valence-corrected chi connectivity index (χ3v) is 25.9. The molecule has 9 aromatic heterocycles. The minimum atomic E-state index is 0.635. The van der Waals surface area contributed by atoms with E-state index in [9.17, 15) is 0 Å². The molecule has 0 saturated carbocycles. The molecule has 0 radical (unpaired) electrons. The Hall–Kier alpha value is -17.8. The fourth-order valence-corrected chi connectivity index (χ4v) is 19.8. The SMILES string of the molecule is c1ccc(-c2nc(-c3ccccc3)nc(-c3ccc(-n4c5ccccc5c5c6c(ccc54)oc4ccccc46)cc3)n2)cc1.c1ccc(-c2nc(-c3ccccc3)nc(-c3ccc(-n4c5ccccc5c5c6c(ccc54)sc4ccccc46)cc3)n2)cc1.c1ccc(-c2nc(-c3ccccc3)nc(-c3ccc(-n4c5ccccc5c5cc6c(cc54)oc4ccccc46)cc3)n2)cc1. The quantitative estimate of drug-likeness (QED) is 0.115. The third kappa shape index (κ3) is 13.5. The molecular formula is C117H72N12O2S. The highest BCUT2D eigenvalue weighted by Gasteiger charge is 2.25. The zero-order valence-electron chi connectivity index (χ0n) is 70.7. The molecule has 0 aliphatic heterocycles. The maximum absolute atomic E-state index is 6.28. The second-order valence-electron chi connectivity index (χ2n) is 32.6. The molecule has 0 unspecified atom stereocenters. The van der Waals surface area contributed by atoms with E-state index in [1.54, 1.807) is 0 Å². The fourth-order valence-electron chi connectivity index (χ4n) is 18.7. The van der Waals surface area contributed by atoms with Crippen LogP contribution in [0.5, 0.6) is 0 Å². The van der Waals surface area contributed by atoms with Crippen molar-refractivity contribution in [2.75, 3.05) is 0 Å². The highest BCUT2D eigenvalue weighted by Crippen LogP contribution is 2.47. The number of hydrogen-bond acceptors (Lipinski definition) is 12. The molecule has 0 atom stereocenters. The number of para-hydroxylation sites is 5. The van der Waals surface area contributed by atoms with E-state index in [0.29, 0.717) is 52.4 Å². The summed E-state index contributed by atoms with van der Waals surface area (Å²) in [5.41, 5.74) is 22.2. The zero-order valence-corrected chi connectivity index (χ0v) is 71.5. The standard InChI is InChI=1S/2C39H24N4O.C39H24N4S/c1-3-11-25(12-4-1)37-40-38(26-13-5-2-6-14-26)42-39(41-37)27-19-21-28(22-20-27)43-33-17-9-7-15-29(33)31-23-32-30-16-8-10-18-35(30)44-36(32)24-34(31)43;2*1-3-11-25(12-4-1)37-40-38(26-13-5-2-6-14-26)42-39(41-37)27-19-21-28(22-20-27)43-31-17-9-7-15-29(31)35-32(43)23-24-34-36(35)30-16-8-10-18-33(30)44-34/h3*1-24H. The predicted molar refractivity (Wildman–Crippen MR) is 539 cm³/mol. The number of thiophene rings is 1. The fraction of sp³-hybridized carbons (Fsp3) is 0. The molecule has 15 heteroatoms. The summed E-state index contributed by atoms with van der Waals surface area (Å²) in [6.07, 6.45) is 0. The lowest BCUT2D eigenvalue weighted by atomic mass is 10.1. The summed E-state index contributed by atoms with van der Waals surface area (Å²) in [7, 11) is 0. The van der Waals surface area contributed by atoms with Gasteiger partial charge in [0, 0.05) is 147 Å². The van der Waals surface area contributed by atoms with Crippen molar-refractivity contribution >= 4 is 141 Å². The Balaban J connectivity index is 0.000000106. The van der Waals surface area contributed by atoms with Gasteiger partial charge in [0.05, 0.1) is 33.1 Å². The largest absolute Gasteiger partial charge is 0.456 e. The summed E-state index contributed by atoms with van der Waals surface area (Å²) < 4.78 is 22.2. The minimum Gasteiger partial charge on any atom is -0.456 e. The molecule has 618 valence electrons. The van der Waals surface area contributed by atoms with Gasteiger partial charge in [-0.1, -0.05) is 291 Å². The first kappa shape index (κ1) is 76.6. The number of benzene rings is 18. The smallest absolute Gasteiger partial charge is 0.164 e. The Bertz CT molecular complexity index is 8590. The van der Waals surface area contributed by atoms with Crippen molar-refractivity contribution in [2.45, 2.75) is 0 Å². The van der Waals surface area contributed by atoms with Crippen molar-refractivity contribution in [3.63, 3.8) is 0 Å². The first-order valence-electron chi connectivity index (χ1n) is 43.9. The number of aromatic nitrogens is 12. The monoisotopic (exact) mass is 1710 g/mol. The van der Waals surface area contributed by atoms with Gasteiger partial charge in [0.1, 0.15) is 22.3 Å². The number of fused-ring (bicyclic) bond motifs is 20. The number of nitrogens with zero attached hydrogens (tertiary/aromatic N) is 12. The van der Waals surface area contributed by atoms with Gasteiger partial charge in [-0.25, -0.2) is 44.9 Å². The second-order valence-corrected chi connectivity index (χ2v) is 33.7. The van der Waals surface area contributed by atoms with Crippen LogP contribution < -0.4 is 0 Å². The highest BCUT2D eigenvalue weighted by molar-refractivity contribution is 7.26. The molecule has 0 fully saturated rings. The van der Waals surface area contributed by atoms with Crippen LogP contribution in [-0.2, 0) is 0 Å². The van der Waals surface area contributed by atoms with Gasteiger partial charge in [-0.15, -0.1) is 11.3 Å². The molecule has 18 aromatic carbocycles. The normalized spacial score (nSPS) is 11.6. The average Bonchev–Trinajstić information content (AvgIpc) is 1.56. The maximum Gasteiger partial charge on any atom is 0.164 e. The van der Waals surface area contributed by atoms with E-state index in [1.807, 2.05) is 218 Å². The third-order valence-electron chi connectivity index (χ3n) is 24.8. The minimum absolute atomic E-state index is 0.635. The van der Waals surface area contributed by atoms with Crippen molar-refractivity contribution < 1.29 is 8.83 Å². The Morgan fingerprint density at radius 1 is 0.159 bits per heavy atom. The van der Waals surface area contributed by atoms with Gasteiger partial charge >= 0.3 is 0 Å². The van der Waals surface area contributed by atoms with Gasteiger partial charge in [0.25, 0.3) is 0 Å². The summed E-state index contributed by atoms with van der Waals surface area (Å²) in [5, 5.41) is 14.5. The molecule has 0 N–H and O–H groups in total. The van der Waals surface area contributed by atoms with Crippen LogP contribution in [0.1, 0.15) is 0 Å². The second kappa shape index (κ2) is 32.3. The van der Waals surface area contributed by atoms with Crippen molar-refractivity contribution in [1.82, 2.24) is 58.6 Å². The zero-order chi connectivity index (χ0) is 87.1. The molecule has 0 aliphatic carbocycles. The van der Waals surface area contributed by atoms with E-state index in [1.165, 1.54) is 63.5 Å². The highest BCUT2D eigenvalue weighted by atomic mass is 32.1. The molecular weight excluding hydrogens is 1640 g/mol. The van der Waals surface area contributed by atoms with Crippen LogP contribution in [-0.4, -0.2) is 58.6 Å². The van der Waals surface area contributed by atoms with Gasteiger partial charge in [-0.2, -0.15) is 0 Å². The van der Waals surface area contributed by atoms with E-state index in [4.69, 9.17) is 53.7 Å². The van der Waals surface area contributed by atoms with Gasteiger partial charge in [-0.3, -0.25) is 0 Å². The van der Waals surface area contributed by atoms with Gasteiger partial charge in [0.2, 0.25) is 0 Å². The Morgan fingerprint density at radius 2 is 0.455 bits per heavy atom. The summed E-state index contributed by atoms with van der Waals surface area (Å²) in [6.45, 7) is 0. The van der Waals surface area contributed by atoms with Crippen molar-refractivity contribution in [3.8, 4) is 120 Å². The number of furan rings is 2. The molecule has 9 heterocycles. The molecule has 0 saturated heterocycles. The van der Waals surface area contributed by atoms with Crippen LogP contribution in [0.4, 0.5) is 0 Å². The molecule has 0 bridgehead atoms. The number of hydrogen-bond donors (Lipinski definition) is 0. The summed E-state index contributed by atoms with van der Waals surface area (Å²) in [6, 6.07) is 150. The summed E-state index contributed by atoms with van der Waals surface area (Å²) in [5.74, 6) is 5.84. The van der Waals surface area contributed by atoms with Crippen LogP contribution in [0.25, 0.3) is 249 Å². The molecule has 14 nitrogen and oxygen atoms in total. The van der Waals surface area contributed by atoms with Crippen LogP contribution in [0.3, 0.4) is 0 Å². The van der Waals surface area contributed by atoms with E-state index < -0.39 is 0 Å².